The van der Waals surface area contributed by atoms with E-state index >= 15 is 0 Å². The van der Waals surface area contributed by atoms with Gasteiger partial charge in [0.2, 0.25) is 0 Å². The second-order valence-electron chi connectivity index (χ2n) is 6.87. The van der Waals surface area contributed by atoms with E-state index in [1.165, 1.54) is 24.8 Å². The molecule has 32 heavy (non-hydrogen) atoms. The number of fused-ring (bicyclic) bond motifs is 1. The summed E-state index contributed by atoms with van der Waals surface area (Å²) in [5.41, 5.74) is 3.18. The number of aromatic nitrogens is 3. The van der Waals surface area contributed by atoms with Gasteiger partial charge in [-0.05, 0) is 30.2 Å². The molecule has 3 heterocycles. The Labute approximate surface area is 188 Å². The van der Waals surface area contributed by atoms with Gasteiger partial charge in [-0.2, -0.15) is 0 Å². The highest BCUT2D eigenvalue weighted by Gasteiger charge is 2.13. The minimum absolute atomic E-state index is 0.134. The molecule has 0 spiro atoms. The van der Waals surface area contributed by atoms with Crippen molar-refractivity contribution in [3.8, 4) is 10.6 Å². The molecule has 0 saturated carbocycles. The fourth-order valence-corrected chi connectivity index (χ4v) is 4.26. The van der Waals surface area contributed by atoms with Crippen molar-refractivity contribution in [3.63, 3.8) is 0 Å². The molecule has 162 valence electrons. The fraction of sp³-hybridized carbons (Fsp3) is 0.174. The lowest BCUT2D eigenvalue weighted by Gasteiger charge is -2.10. The number of thiophene rings is 1. The molecule has 1 amide bonds. The highest BCUT2D eigenvalue weighted by Crippen LogP contribution is 2.28. The number of anilines is 1. The van der Waals surface area contributed by atoms with Crippen LogP contribution in [-0.4, -0.2) is 47.5 Å². The number of benzene rings is 1. The lowest BCUT2D eigenvalue weighted by atomic mass is 10.0. The quantitative estimate of drug-likeness (QED) is 0.417. The average molecular weight is 448 g/mol. The maximum Gasteiger partial charge on any atom is 0.348 e. The number of hydrogen-bond donors (Lipinski definition) is 2. The summed E-state index contributed by atoms with van der Waals surface area (Å²) in [6, 6.07) is 13.0. The minimum atomic E-state index is -0.364. The molecule has 0 aliphatic heterocycles. The second-order valence-corrected chi connectivity index (χ2v) is 7.96. The van der Waals surface area contributed by atoms with E-state index in [1.807, 2.05) is 30.3 Å². The highest BCUT2D eigenvalue weighted by molar-refractivity contribution is 7.17. The van der Waals surface area contributed by atoms with Crippen molar-refractivity contribution in [2.45, 2.75) is 6.42 Å². The van der Waals surface area contributed by atoms with Crippen molar-refractivity contribution in [1.29, 1.82) is 0 Å². The third-order valence-electron chi connectivity index (χ3n) is 4.94. The van der Waals surface area contributed by atoms with Gasteiger partial charge in [0.15, 0.2) is 0 Å². The molecule has 0 aliphatic rings. The van der Waals surface area contributed by atoms with Crippen molar-refractivity contribution < 1.29 is 14.3 Å². The van der Waals surface area contributed by atoms with Gasteiger partial charge in [-0.3, -0.25) is 9.78 Å². The van der Waals surface area contributed by atoms with E-state index in [1.54, 1.807) is 25.4 Å². The van der Waals surface area contributed by atoms with Crippen LogP contribution in [0, 0.1) is 0 Å². The molecule has 0 aliphatic carbocycles. The predicted molar refractivity (Wildman–Crippen MR) is 124 cm³/mol. The smallest absolute Gasteiger partial charge is 0.348 e. The number of carbonyl (C=O) groups is 2. The normalized spacial score (nSPS) is 10.7. The first-order valence-electron chi connectivity index (χ1n) is 9.94. The standard InChI is InChI=1S/C23H21N5O3S/c1-24-22(29)16-9-11-26-21-14(4-3-5-15(16)21)8-10-25-20-12-17(27-13-28-20)18-6-7-19(32-18)23(30)31-2/h3-7,9,11-13H,8,10H2,1-2H3,(H,24,29)(H,25,27,28). The van der Waals surface area contributed by atoms with Gasteiger partial charge in [-0.15, -0.1) is 11.3 Å². The molecule has 9 heteroatoms. The van der Waals surface area contributed by atoms with E-state index in [0.29, 0.717) is 29.2 Å². The van der Waals surface area contributed by atoms with E-state index in [0.717, 1.165) is 27.0 Å². The van der Waals surface area contributed by atoms with Crippen LogP contribution in [0.2, 0.25) is 0 Å². The third kappa shape index (κ3) is 4.42. The highest BCUT2D eigenvalue weighted by atomic mass is 32.1. The molecule has 4 rings (SSSR count). The van der Waals surface area contributed by atoms with Gasteiger partial charge in [0.25, 0.3) is 5.91 Å². The van der Waals surface area contributed by atoms with Crippen LogP contribution in [0.4, 0.5) is 5.82 Å². The fourth-order valence-electron chi connectivity index (χ4n) is 3.37. The van der Waals surface area contributed by atoms with E-state index in [9.17, 15) is 9.59 Å². The molecule has 4 aromatic rings. The number of methoxy groups -OCH3 is 1. The molecule has 2 N–H and O–H groups in total. The number of carbonyl (C=O) groups excluding carboxylic acids is 2. The predicted octanol–water partition coefficient (Wildman–Crippen LogP) is 3.55. The third-order valence-corrected chi connectivity index (χ3v) is 6.03. The maximum atomic E-state index is 12.2. The number of esters is 1. The summed E-state index contributed by atoms with van der Waals surface area (Å²) in [7, 11) is 2.98. The van der Waals surface area contributed by atoms with E-state index in [2.05, 4.69) is 25.6 Å². The zero-order valence-corrected chi connectivity index (χ0v) is 18.4. The van der Waals surface area contributed by atoms with Crippen molar-refractivity contribution in [1.82, 2.24) is 20.3 Å². The largest absolute Gasteiger partial charge is 0.465 e. The first-order chi connectivity index (χ1) is 15.6. The van der Waals surface area contributed by atoms with Crippen LogP contribution >= 0.6 is 11.3 Å². The zero-order valence-electron chi connectivity index (χ0n) is 17.6. The number of para-hydroxylation sites is 1. The number of pyridine rings is 1. The van der Waals surface area contributed by atoms with Crippen LogP contribution in [0.3, 0.4) is 0 Å². The average Bonchev–Trinajstić information content (AvgIpc) is 3.33. The maximum absolute atomic E-state index is 12.2. The van der Waals surface area contributed by atoms with Crippen molar-refractivity contribution in [2.75, 3.05) is 26.0 Å². The lowest BCUT2D eigenvalue weighted by molar-refractivity contribution is 0.0606. The summed E-state index contributed by atoms with van der Waals surface area (Å²) in [6.07, 6.45) is 3.85. The Morgan fingerprint density at radius 1 is 1.09 bits per heavy atom. The minimum Gasteiger partial charge on any atom is -0.465 e. The Hall–Kier alpha value is -3.85. The van der Waals surface area contributed by atoms with Gasteiger partial charge in [-0.25, -0.2) is 14.8 Å². The van der Waals surface area contributed by atoms with Crippen LogP contribution in [0.15, 0.2) is 55.0 Å². The van der Waals surface area contributed by atoms with Gasteiger partial charge in [-0.1, -0.05) is 18.2 Å². The lowest BCUT2D eigenvalue weighted by Crippen LogP contribution is -2.18. The van der Waals surface area contributed by atoms with Gasteiger partial charge in [0, 0.05) is 31.2 Å². The molecule has 0 bridgehead atoms. The summed E-state index contributed by atoms with van der Waals surface area (Å²) < 4.78 is 4.76. The summed E-state index contributed by atoms with van der Waals surface area (Å²) in [4.78, 5) is 38.3. The number of nitrogens with one attached hydrogen (secondary N) is 2. The van der Waals surface area contributed by atoms with Gasteiger partial charge < -0.3 is 15.4 Å². The Morgan fingerprint density at radius 2 is 1.97 bits per heavy atom. The molecule has 0 fully saturated rings. The Bertz CT molecular complexity index is 1290. The Kier molecular flexibility index (Phi) is 6.37. The molecule has 0 unspecified atom stereocenters. The van der Waals surface area contributed by atoms with Gasteiger partial charge in [0.1, 0.15) is 17.0 Å². The molecule has 8 nitrogen and oxygen atoms in total. The summed E-state index contributed by atoms with van der Waals surface area (Å²) >= 11 is 1.32. The van der Waals surface area contributed by atoms with Crippen LogP contribution in [0.25, 0.3) is 21.5 Å². The van der Waals surface area contributed by atoms with Crippen molar-refractivity contribution in [2.24, 2.45) is 0 Å². The number of rotatable bonds is 7. The number of ether oxygens (including phenoxy) is 1. The molecular weight excluding hydrogens is 426 g/mol. The summed E-state index contributed by atoms with van der Waals surface area (Å²) in [6.45, 7) is 0.624. The first-order valence-corrected chi connectivity index (χ1v) is 10.8. The molecule has 0 radical (unpaired) electrons. The molecule has 1 aromatic carbocycles. The Balaban J connectivity index is 1.48. The second kappa shape index (κ2) is 9.52. The number of amides is 1. The van der Waals surface area contributed by atoms with Crippen LogP contribution in [0.5, 0.6) is 0 Å². The number of nitrogens with zero attached hydrogens (tertiary/aromatic N) is 3. The van der Waals surface area contributed by atoms with Gasteiger partial charge >= 0.3 is 5.97 Å². The number of hydrogen-bond acceptors (Lipinski definition) is 8. The molecule has 0 saturated heterocycles. The van der Waals surface area contributed by atoms with E-state index in [4.69, 9.17) is 4.74 Å². The molecule has 0 atom stereocenters. The van der Waals surface area contributed by atoms with Crippen LogP contribution in [0.1, 0.15) is 25.6 Å². The van der Waals surface area contributed by atoms with Crippen molar-refractivity contribution in [3.05, 3.63) is 71.0 Å². The molecular formula is C23H21N5O3S. The van der Waals surface area contributed by atoms with E-state index in [-0.39, 0.29) is 11.9 Å². The van der Waals surface area contributed by atoms with Crippen LogP contribution < -0.4 is 10.6 Å². The summed E-state index contributed by atoms with van der Waals surface area (Å²) in [5, 5.41) is 6.81. The topological polar surface area (TPSA) is 106 Å². The Morgan fingerprint density at radius 3 is 2.78 bits per heavy atom. The summed E-state index contributed by atoms with van der Waals surface area (Å²) in [5.74, 6) is 0.185. The monoisotopic (exact) mass is 447 g/mol. The van der Waals surface area contributed by atoms with E-state index < -0.39 is 0 Å². The van der Waals surface area contributed by atoms with Crippen LogP contribution in [-0.2, 0) is 11.2 Å². The van der Waals surface area contributed by atoms with Gasteiger partial charge in [0.05, 0.1) is 28.8 Å². The first kappa shape index (κ1) is 21.4. The SMILES string of the molecule is CNC(=O)c1ccnc2c(CCNc3cc(-c4ccc(C(=O)OC)s4)ncn3)cccc12. The zero-order chi connectivity index (χ0) is 22.5. The van der Waals surface area contributed by atoms with Crippen molar-refractivity contribution >= 4 is 39.9 Å². The molecule has 3 aromatic heterocycles.